The van der Waals surface area contributed by atoms with Crippen LogP contribution in [0.4, 0.5) is 0 Å². The lowest BCUT2D eigenvalue weighted by Crippen LogP contribution is -2.29. The highest BCUT2D eigenvalue weighted by Crippen LogP contribution is 2.24. The second kappa shape index (κ2) is 5.38. The maximum atomic E-state index is 12.4. The molecule has 1 fully saturated rings. The van der Waals surface area contributed by atoms with Gasteiger partial charge in [-0.3, -0.25) is 4.79 Å². The van der Waals surface area contributed by atoms with Crippen LogP contribution in [0.2, 0.25) is 5.02 Å². The monoisotopic (exact) mass is 290 g/mol. The topological polar surface area (TPSA) is 53.4 Å². The number of benzene rings is 1. The number of halogens is 1. The average Bonchev–Trinajstić information content (AvgIpc) is 2.95. The van der Waals surface area contributed by atoms with Gasteiger partial charge in [-0.2, -0.15) is 0 Å². The number of likely N-dealkylation sites (tertiary alicyclic amines) is 1. The smallest absolute Gasteiger partial charge is 0.272 e. The molecule has 0 bridgehead atoms. The van der Waals surface area contributed by atoms with E-state index in [2.05, 4.69) is 4.98 Å². The van der Waals surface area contributed by atoms with E-state index in [4.69, 9.17) is 16.7 Å². The van der Waals surface area contributed by atoms with E-state index in [1.807, 2.05) is 24.3 Å². The van der Waals surface area contributed by atoms with Crippen molar-refractivity contribution in [1.82, 2.24) is 9.88 Å². The van der Waals surface area contributed by atoms with E-state index in [1.165, 1.54) is 0 Å². The fraction of sp³-hybridized carbons (Fsp3) is 0.333. The number of carbonyl (C=O) groups excluding carboxylic acids is 1. The standard InChI is InChI=1S/C15H15ClN2O2/c16-12-7-14(17-13-4-2-1-3-11(12)13)15(20)18-6-5-10(8-18)9-19/h1-4,7,10,19H,5-6,8-9H2. The fourth-order valence-corrected chi connectivity index (χ4v) is 2.83. The Hall–Kier alpha value is -1.65. The third kappa shape index (κ3) is 2.37. The van der Waals surface area contributed by atoms with Gasteiger partial charge in [0.2, 0.25) is 0 Å². The van der Waals surface area contributed by atoms with Gasteiger partial charge in [-0.25, -0.2) is 4.98 Å². The van der Waals surface area contributed by atoms with Gasteiger partial charge in [0.1, 0.15) is 5.69 Å². The maximum absolute atomic E-state index is 12.4. The molecule has 1 saturated heterocycles. The van der Waals surface area contributed by atoms with E-state index in [9.17, 15) is 4.79 Å². The van der Waals surface area contributed by atoms with E-state index in [0.717, 1.165) is 17.3 Å². The van der Waals surface area contributed by atoms with Gasteiger partial charge in [-0.15, -0.1) is 0 Å². The highest BCUT2D eigenvalue weighted by molar-refractivity contribution is 6.35. The number of aromatic nitrogens is 1. The average molecular weight is 291 g/mol. The first-order chi connectivity index (χ1) is 9.69. The van der Waals surface area contributed by atoms with Gasteiger partial charge in [0.25, 0.3) is 5.91 Å². The lowest BCUT2D eigenvalue weighted by molar-refractivity contribution is 0.0776. The molecule has 0 radical (unpaired) electrons. The third-order valence-corrected chi connectivity index (χ3v) is 4.03. The van der Waals surface area contributed by atoms with Crippen LogP contribution in [0, 0.1) is 5.92 Å². The molecule has 1 atom stereocenters. The van der Waals surface area contributed by atoms with E-state index in [-0.39, 0.29) is 18.4 Å². The van der Waals surface area contributed by atoms with Crippen LogP contribution in [0.5, 0.6) is 0 Å². The van der Waals surface area contributed by atoms with Crippen molar-refractivity contribution < 1.29 is 9.90 Å². The highest BCUT2D eigenvalue weighted by atomic mass is 35.5. The first kappa shape index (κ1) is 13.3. The van der Waals surface area contributed by atoms with Crippen LogP contribution in [0.1, 0.15) is 16.9 Å². The zero-order valence-corrected chi connectivity index (χ0v) is 11.7. The Bertz CT molecular complexity index is 659. The molecule has 4 nitrogen and oxygen atoms in total. The van der Waals surface area contributed by atoms with Gasteiger partial charge < -0.3 is 10.0 Å². The number of hydrogen-bond donors (Lipinski definition) is 1. The number of carbonyl (C=O) groups is 1. The van der Waals surface area contributed by atoms with Gasteiger partial charge in [-0.1, -0.05) is 29.8 Å². The summed E-state index contributed by atoms with van der Waals surface area (Å²) >= 11 is 6.22. The van der Waals surface area contributed by atoms with Gasteiger partial charge in [0.15, 0.2) is 0 Å². The number of fused-ring (bicyclic) bond motifs is 1. The largest absolute Gasteiger partial charge is 0.396 e. The van der Waals surface area contributed by atoms with E-state index in [0.29, 0.717) is 23.8 Å². The number of para-hydroxylation sites is 1. The number of pyridine rings is 1. The Morgan fingerprint density at radius 1 is 1.45 bits per heavy atom. The first-order valence-electron chi connectivity index (χ1n) is 6.64. The predicted octanol–water partition coefficient (Wildman–Crippen LogP) is 2.34. The lowest BCUT2D eigenvalue weighted by atomic mass is 10.1. The van der Waals surface area contributed by atoms with Crippen LogP contribution in [0.25, 0.3) is 10.9 Å². The second-order valence-electron chi connectivity index (χ2n) is 5.09. The quantitative estimate of drug-likeness (QED) is 0.924. The number of amides is 1. The molecule has 0 aliphatic carbocycles. The number of aliphatic hydroxyl groups is 1. The molecular formula is C15H15ClN2O2. The van der Waals surface area contributed by atoms with Gasteiger partial charge in [0, 0.05) is 31.0 Å². The molecule has 20 heavy (non-hydrogen) atoms. The Balaban J connectivity index is 1.92. The third-order valence-electron chi connectivity index (χ3n) is 3.72. The normalized spacial score (nSPS) is 18.7. The van der Waals surface area contributed by atoms with E-state index < -0.39 is 0 Å². The molecule has 0 saturated carbocycles. The van der Waals surface area contributed by atoms with Crippen molar-refractivity contribution in [3.63, 3.8) is 0 Å². The predicted molar refractivity (Wildman–Crippen MR) is 77.8 cm³/mol. The van der Waals surface area contributed by atoms with Crippen molar-refractivity contribution in [3.05, 3.63) is 41.0 Å². The van der Waals surface area contributed by atoms with Crippen LogP contribution in [-0.4, -0.2) is 40.6 Å². The van der Waals surface area contributed by atoms with Crippen LogP contribution in [-0.2, 0) is 0 Å². The molecule has 1 aromatic carbocycles. The minimum atomic E-state index is -0.117. The molecule has 5 heteroatoms. The molecule has 1 aliphatic heterocycles. The SMILES string of the molecule is O=C(c1cc(Cl)c2ccccc2n1)N1CCC(CO)C1. The lowest BCUT2D eigenvalue weighted by Gasteiger charge is -2.16. The zero-order chi connectivity index (χ0) is 14.1. The Morgan fingerprint density at radius 2 is 2.25 bits per heavy atom. The Labute approximate surface area is 122 Å². The molecule has 104 valence electrons. The van der Waals surface area contributed by atoms with Crippen molar-refractivity contribution in [1.29, 1.82) is 0 Å². The molecule has 2 heterocycles. The van der Waals surface area contributed by atoms with E-state index in [1.54, 1.807) is 11.0 Å². The molecule has 3 rings (SSSR count). The summed E-state index contributed by atoms with van der Waals surface area (Å²) in [6.45, 7) is 1.37. The van der Waals surface area contributed by atoms with Crippen LogP contribution < -0.4 is 0 Å². The summed E-state index contributed by atoms with van der Waals surface area (Å²) in [6.07, 6.45) is 0.837. The van der Waals surface area contributed by atoms with Gasteiger partial charge >= 0.3 is 0 Å². The summed E-state index contributed by atoms with van der Waals surface area (Å²) < 4.78 is 0. The highest BCUT2D eigenvalue weighted by Gasteiger charge is 2.27. The van der Waals surface area contributed by atoms with Crippen molar-refractivity contribution >= 4 is 28.4 Å². The number of aliphatic hydroxyl groups excluding tert-OH is 1. The summed E-state index contributed by atoms with van der Waals surface area (Å²) in [5.74, 6) is 0.0588. The van der Waals surface area contributed by atoms with Gasteiger partial charge in [0.05, 0.1) is 10.5 Å². The molecule has 2 aromatic rings. The van der Waals surface area contributed by atoms with Crippen LogP contribution in [0.3, 0.4) is 0 Å². The summed E-state index contributed by atoms with van der Waals surface area (Å²) in [5, 5.41) is 10.5. The van der Waals surface area contributed by atoms with Crippen molar-refractivity contribution in [2.24, 2.45) is 5.92 Å². The Morgan fingerprint density at radius 3 is 3.00 bits per heavy atom. The van der Waals surface area contributed by atoms with Crippen molar-refractivity contribution in [2.45, 2.75) is 6.42 Å². The van der Waals surface area contributed by atoms with Gasteiger partial charge in [-0.05, 0) is 18.6 Å². The molecule has 1 aromatic heterocycles. The molecule has 1 unspecified atom stereocenters. The minimum Gasteiger partial charge on any atom is -0.396 e. The molecule has 1 amide bonds. The Kier molecular flexibility index (Phi) is 3.59. The summed E-state index contributed by atoms with van der Waals surface area (Å²) in [7, 11) is 0. The molecular weight excluding hydrogens is 276 g/mol. The van der Waals surface area contributed by atoms with Crippen LogP contribution >= 0.6 is 11.6 Å². The fourth-order valence-electron chi connectivity index (χ4n) is 2.57. The maximum Gasteiger partial charge on any atom is 0.272 e. The first-order valence-corrected chi connectivity index (χ1v) is 7.02. The van der Waals surface area contributed by atoms with Crippen molar-refractivity contribution in [3.8, 4) is 0 Å². The zero-order valence-electron chi connectivity index (χ0n) is 10.9. The number of hydrogen-bond acceptors (Lipinski definition) is 3. The summed E-state index contributed by atoms with van der Waals surface area (Å²) in [6, 6.07) is 9.12. The molecule has 1 N–H and O–H groups in total. The number of rotatable bonds is 2. The second-order valence-corrected chi connectivity index (χ2v) is 5.50. The minimum absolute atomic E-state index is 0.117. The van der Waals surface area contributed by atoms with Crippen molar-refractivity contribution in [2.75, 3.05) is 19.7 Å². The molecule has 0 spiro atoms. The number of nitrogens with zero attached hydrogens (tertiary/aromatic N) is 2. The molecule has 1 aliphatic rings. The van der Waals surface area contributed by atoms with E-state index >= 15 is 0 Å². The summed E-state index contributed by atoms with van der Waals surface area (Å²) in [5.41, 5.74) is 1.09. The summed E-state index contributed by atoms with van der Waals surface area (Å²) in [4.78, 5) is 18.6. The van der Waals surface area contributed by atoms with Crippen LogP contribution in [0.15, 0.2) is 30.3 Å².